The lowest BCUT2D eigenvalue weighted by Crippen LogP contribution is -2.50. The third-order valence-corrected chi connectivity index (χ3v) is 7.63. The van der Waals surface area contributed by atoms with Crippen molar-refractivity contribution in [3.05, 3.63) is 65.7 Å². The summed E-state index contributed by atoms with van der Waals surface area (Å²) in [6.45, 7) is 8.33. The van der Waals surface area contributed by atoms with E-state index in [1.807, 2.05) is 63.2 Å². The number of hydrogen-bond donors (Lipinski definition) is 1. The topological polar surface area (TPSA) is 86.8 Å². The fourth-order valence-corrected chi connectivity index (χ4v) is 4.90. The first kappa shape index (κ1) is 29.4. The van der Waals surface area contributed by atoms with E-state index in [9.17, 15) is 18.0 Å². The van der Waals surface area contributed by atoms with Gasteiger partial charge >= 0.3 is 0 Å². The van der Waals surface area contributed by atoms with Crippen LogP contribution in [0.15, 0.2) is 54.6 Å². The predicted molar refractivity (Wildman–Crippen MR) is 146 cm³/mol. The van der Waals surface area contributed by atoms with Gasteiger partial charge in [0.2, 0.25) is 21.8 Å². The number of hydrogen-bond acceptors (Lipinski definition) is 4. The number of sulfonamides is 1. The highest BCUT2D eigenvalue weighted by Crippen LogP contribution is 2.20. The van der Waals surface area contributed by atoms with E-state index in [4.69, 9.17) is 0 Å². The van der Waals surface area contributed by atoms with Crippen LogP contribution in [0, 0.1) is 0 Å². The summed E-state index contributed by atoms with van der Waals surface area (Å²) in [5.74, 6) is -0.341. The second-order valence-electron chi connectivity index (χ2n) is 9.28. The van der Waals surface area contributed by atoms with Gasteiger partial charge in [0.05, 0.1) is 11.9 Å². The van der Waals surface area contributed by atoms with Crippen LogP contribution in [-0.2, 0) is 32.5 Å². The predicted octanol–water partition coefficient (Wildman–Crippen LogP) is 4.17. The molecular weight excluding hydrogens is 474 g/mol. The number of nitrogens with one attached hydrogen (secondary N) is 1. The standard InChI is InChI=1S/C28H41N3O4S/c1-6-22(3)29-28(33)23(4)30(21-19-25-12-9-8-10-13-25)27(32)14-11-20-31(36(5,34)35)26-17-15-24(7-2)16-18-26/h8-10,12-13,15-18,22-23H,6-7,11,14,19-21H2,1-5H3,(H,29,33)/t22-,23-/m1/s1. The van der Waals surface area contributed by atoms with Crippen LogP contribution in [0.25, 0.3) is 0 Å². The minimum absolute atomic E-state index is 0.0217. The van der Waals surface area contributed by atoms with Crippen molar-refractivity contribution in [2.75, 3.05) is 23.7 Å². The Morgan fingerprint density at radius 1 is 0.917 bits per heavy atom. The molecule has 0 aliphatic rings. The molecule has 0 radical (unpaired) electrons. The van der Waals surface area contributed by atoms with Crippen molar-refractivity contribution < 1.29 is 18.0 Å². The third kappa shape index (κ3) is 8.97. The van der Waals surface area contributed by atoms with Gasteiger partial charge in [-0.25, -0.2) is 8.42 Å². The quantitative estimate of drug-likeness (QED) is 0.409. The van der Waals surface area contributed by atoms with Crippen molar-refractivity contribution in [1.82, 2.24) is 10.2 Å². The largest absolute Gasteiger partial charge is 0.352 e. The fourth-order valence-electron chi connectivity index (χ4n) is 3.94. The van der Waals surface area contributed by atoms with E-state index in [1.165, 1.54) is 10.6 Å². The van der Waals surface area contributed by atoms with Gasteiger partial charge in [0.1, 0.15) is 6.04 Å². The number of anilines is 1. The number of aryl methyl sites for hydroxylation is 1. The molecule has 2 aromatic carbocycles. The van der Waals surface area contributed by atoms with Crippen LogP contribution >= 0.6 is 0 Å². The molecule has 2 aromatic rings. The Bertz CT molecular complexity index is 1070. The van der Waals surface area contributed by atoms with Gasteiger partial charge in [-0.3, -0.25) is 13.9 Å². The summed E-state index contributed by atoms with van der Waals surface area (Å²) in [6, 6.07) is 16.7. The van der Waals surface area contributed by atoms with Gasteiger partial charge in [0.25, 0.3) is 0 Å². The Balaban J connectivity index is 2.11. The van der Waals surface area contributed by atoms with Gasteiger partial charge < -0.3 is 10.2 Å². The molecule has 2 amide bonds. The van der Waals surface area contributed by atoms with Gasteiger partial charge in [-0.05, 0) is 62.8 Å². The maximum absolute atomic E-state index is 13.3. The molecule has 8 heteroatoms. The van der Waals surface area contributed by atoms with E-state index in [0.717, 1.165) is 24.0 Å². The van der Waals surface area contributed by atoms with Crippen LogP contribution in [0.4, 0.5) is 5.69 Å². The molecule has 0 fully saturated rings. The van der Waals surface area contributed by atoms with Gasteiger partial charge in [-0.15, -0.1) is 0 Å². The van der Waals surface area contributed by atoms with Gasteiger partial charge in [-0.1, -0.05) is 56.3 Å². The minimum atomic E-state index is -3.50. The monoisotopic (exact) mass is 515 g/mol. The smallest absolute Gasteiger partial charge is 0.242 e. The molecule has 0 unspecified atom stereocenters. The molecule has 0 aromatic heterocycles. The SMILES string of the molecule is CCc1ccc(N(CCCC(=O)N(CCc2ccccc2)[C@H](C)C(=O)N[C@H](C)CC)S(C)(=O)=O)cc1. The molecule has 0 bridgehead atoms. The average molecular weight is 516 g/mol. The lowest BCUT2D eigenvalue weighted by Gasteiger charge is -2.30. The van der Waals surface area contributed by atoms with E-state index >= 15 is 0 Å². The first-order valence-corrected chi connectivity index (χ1v) is 14.6. The number of carbonyl (C=O) groups excluding carboxylic acids is 2. The molecular formula is C28H41N3O4S. The van der Waals surface area contributed by atoms with Crippen molar-refractivity contribution in [2.24, 2.45) is 0 Å². The Morgan fingerprint density at radius 3 is 2.11 bits per heavy atom. The molecule has 0 heterocycles. The molecule has 0 saturated carbocycles. The molecule has 1 N–H and O–H groups in total. The number of benzene rings is 2. The zero-order valence-electron chi connectivity index (χ0n) is 22.2. The molecule has 198 valence electrons. The van der Waals surface area contributed by atoms with E-state index in [2.05, 4.69) is 5.32 Å². The van der Waals surface area contributed by atoms with Gasteiger partial charge in [0.15, 0.2) is 0 Å². The summed E-state index contributed by atoms with van der Waals surface area (Å²) in [5.41, 5.74) is 2.80. The highest BCUT2D eigenvalue weighted by atomic mass is 32.2. The summed E-state index contributed by atoms with van der Waals surface area (Å²) in [6.07, 6.45) is 3.98. The Hall–Kier alpha value is -2.87. The highest BCUT2D eigenvalue weighted by Gasteiger charge is 2.26. The lowest BCUT2D eigenvalue weighted by molar-refractivity contribution is -0.140. The lowest BCUT2D eigenvalue weighted by atomic mass is 10.1. The third-order valence-electron chi connectivity index (χ3n) is 6.44. The highest BCUT2D eigenvalue weighted by molar-refractivity contribution is 7.92. The molecule has 0 spiro atoms. The van der Waals surface area contributed by atoms with E-state index < -0.39 is 16.1 Å². The van der Waals surface area contributed by atoms with Crippen molar-refractivity contribution in [2.45, 2.75) is 71.9 Å². The molecule has 2 atom stereocenters. The number of nitrogens with zero attached hydrogens (tertiary/aromatic N) is 2. The molecule has 7 nitrogen and oxygen atoms in total. The summed E-state index contributed by atoms with van der Waals surface area (Å²) in [7, 11) is -3.50. The maximum atomic E-state index is 13.3. The van der Waals surface area contributed by atoms with Crippen LogP contribution in [-0.4, -0.2) is 56.6 Å². The molecule has 36 heavy (non-hydrogen) atoms. The first-order valence-electron chi connectivity index (χ1n) is 12.8. The zero-order valence-corrected chi connectivity index (χ0v) is 23.1. The second kappa shape index (κ2) is 14.0. The van der Waals surface area contributed by atoms with Crippen molar-refractivity contribution in [3.63, 3.8) is 0 Å². The number of amides is 2. The molecule has 2 rings (SSSR count). The Morgan fingerprint density at radius 2 is 1.56 bits per heavy atom. The Kier molecular flexibility index (Phi) is 11.4. The molecule has 0 aliphatic carbocycles. The van der Waals surface area contributed by atoms with Gasteiger partial charge in [-0.2, -0.15) is 0 Å². The fraction of sp³-hybridized carbons (Fsp3) is 0.500. The van der Waals surface area contributed by atoms with Crippen molar-refractivity contribution >= 4 is 27.5 Å². The molecule has 0 aliphatic heterocycles. The van der Waals surface area contributed by atoms with E-state index in [-0.39, 0.29) is 30.8 Å². The minimum Gasteiger partial charge on any atom is -0.352 e. The summed E-state index contributed by atoms with van der Waals surface area (Å²) in [4.78, 5) is 27.7. The van der Waals surface area contributed by atoms with Crippen molar-refractivity contribution in [1.29, 1.82) is 0 Å². The second-order valence-corrected chi connectivity index (χ2v) is 11.2. The number of carbonyl (C=O) groups is 2. The summed E-state index contributed by atoms with van der Waals surface area (Å²) >= 11 is 0. The first-order chi connectivity index (χ1) is 17.1. The van der Waals surface area contributed by atoms with Crippen LogP contribution in [0.1, 0.15) is 58.1 Å². The Labute approximate surface area is 216 Å². The van der Waals surface area contributed by atoms with E-state index in [0.29, 0.717) is 25.1 Å². The van der Waals surface area contributed by atoms with Crippen LogP contribution in [0.2, 0.25) is 0 Å². The zero-order chi connectivity index (χ0) is 26.7. The van der Waals surface area contributed by atoms with Crippen LogP contribution < -0.4 is 9.62 Å². The van der Waals surface area contributed by atoms with Crippen molar-refractivity contribution in [3.8, 4) is 0 Å². The normalized spacial score (nSPS) is 13.0. The average Bonchev–Trinajstić information content (AvgIpc) is 2.86. The van der Waals surface area contributed by atoms with Crippen LogP contribution in [0.3, 0.4) is 0 Å². The summed E-state index contributed by atoms with van der Waals surface area (Å²) < 4.78 is 26.3. The maximum Gasteiger partial charge on any atom is 0.242 e. The van der Waals surface area contributed by atoms with E-state index in [1.54, 1.807) is 24.0 Å². The number of rotatable bonds is 14. The van der Waals surface area contributed by atoms with Gasteiger partial charge in [0, 0.05) is 25.6 Å². The van der Waals surface area contributed by atoms with Crippen LogP contribution in [0.5, 0.6) is 0 Å². The molecule has 0 saturated heterocycles. The summed E-state index contributed by atoms with van der Waals surface area (Å²) in [5, 5.41) is 2.97.